The van der Waals surface area contributed by atoms with Crippen LogP contribution in [0.1, 0.15) is 16.6 Å². The number of fused-ring (bicyclic) bond motifs is 1. The summed E-state index contributed by atoms with van der Waals surface area (Å²) < 4.78 is 7.20. The molecular formula is C14H17BrN2O2S. The first-order valence-corrected chi connectivity index (χ1v) is 7.97. The highest BCUT2D eigenvalue weighted by molar-refractivity contribution is 9.10. The molecule has 108 valence electrons. The number of rotatable bonds is 5. The Hall–Kier alpha value is -1.11. The zero-order chi connectivity index (χ0) is 14.7. The van der Waals surface area contributed by atoms with E-state index in [1.54, 1.807) is 11.9 Å². The lowest BCUT2D eigenvalue weighted by molar-refractivity contribution is 0.0715. The third kappa shape index (κ3) is 2.97. The second kappa shape index (κ2) is 6.56. The average Bonchev–Trinajstić information content (AvgIpc) is 2.76. The molecule has 0 aliphatic carbocycles. The number of benzene rings is 1. The number of nitrogens with zero attached hydrogens (tertiary/aromatic N) is 1. The number of anilines is 1. The van der Waals surface area contributed by atoms with Crippen LogP contribution in [0.3, 0.4) is 0 Å². The van der Waals surface area contributed by atoms with Crippen LogP contribution in [-0.4, -0.2) is 37.6 Å². The number of carbonyl (C=O) groups is 1. The fourth-order valence-electron chi connectivity index (χ4n) is 1.91. The predicted octanol–water partition coefficient (Wildman–Crippen LogP) is 3.35. The minimum atomic E-state index is -0.0599. The van der Waals surface area contributed by atoms with Crippen molar-refractivity contribution in [3.8, 4) is 0 Å². The number of hydrogen-bond donors (Lipinski definition) is 1. The lowest BCUT2D eigenvalue weighted by Gasteiger charge is -2.16. The van der Waals surface area contributed by atoms with Gasteiger partial charge in [0.25, 0.3) is 5.91 Å². The molecule has 2 rings (SSSR count). The number of halogens is 1. The first-order chi connectivity index (χ1) is 9.56. The van der Waals surface area contributed by atoms with Gasteiger partial charge in [0.05, 0.1) is 12.3 Å². The predicted molar refractivity (Wildman–Crippen MR) is 87.4 cm³/mol. The highest BCUT2D eigenvalue weighted by Gasteiger charge is 2.20. The Morgan fingerprint density at radius 3 is 2.90 bits per heavy atom. The maximum absolute atomic E-state index is 12.4. The summed E-state index contributed by atoms with van der Waals surface area (Å²) in [6.45, 7) is 3.68. The molecule has 0 bridgehead atoms. The van der Waals surface area contributed by atoms with Gasteiger partial charge in [-0.25, -0.2) is 0 Å². The van der Waals surface area contributed by atoms with E-state index in [1.165, 1.54) is 11.3 Å². The number of carbonyl (C=O) groups excluding carboxylic acids is 1. The van der Waals surface area contributed by atoms with Crippen molar-refractivity contribution in [1.29, 1.82) is 0 Å². The van der Waals surface area contributed by atoms with Crippen LogP contribution < -0.4 is 5.73 Å². The molecule has 20 heavy (non-hydrogen) atoms. The largest absolute Gasteiger partial charge is 0.397 e. The van der Waals surface area contributed by atoms with Crippen molar-refractivity contribution in [3.05, 3.63) is 27.5 Å². The summed E-state index contributed by atoms with van der Waals surface area (Å²) in [5, 5.41) is 0.916. The first-order valence-electron chi connectivity index (χ1n) is 6.36. The van der Waals surface area contributed by atoms with E-state index in [2.05, 4.69) is 15.9 Å². The van der Waals surface area contributed by atoms with Gasteiger partial charge in [0.15, 0.2) is 0 Å². The van der Waals surface area contributed by atoms with Gasteiger partial charge in [-0.05, 0) is 19.1 Å². The third-order valence-corrected chi connectivity index (χ3v) is 4.84. The maximum atomic E-state index is 12.4. The number of nitrogen functional groups attached to an aromatic ring is 1. The van der Waals surface area contributed by atoms with E-state index in [0.29, 0.717) is 30.3 Å². The number of amides is 1. The molecule has 1 aromatic heterocycles. The average molecular weight is 357 g/mol. The van der Waals surface area contributed by atoms with Crippen molar-refractivity contribution in [2.45, 2.75) is 6.92 Å². The summed E-state index contributed by atoms with van der Waals surface area (Å²) in [6, 6.07) is 5.84. The Balaban J connectivity index is 2.26. The maximum Gasteiger partial charge on any atom is 0.265 e. The van der Waals surface area contributed by atoms with Crippen molar-refractivity contribution >= 4 is 48.9 Å². The minimum Gasteiger partial charge on any atom is -0.397 e. The van der Waals surface area contributed by atoms with E-state index in [4.69, 9.17) is 10.5 Å². The van der Waals surface area contributed by atoms with E-state index in [-0.39, 0.29) is 5.91 Å². The second-order valence-electron chi connectivity index (χ2n) is 4.38. The van der Waals surface area contributed by atoms with Crippen molar-refractivity contribution in [1.82, 2.24) is 4.90 Å². The van der Waals surface area contributed by atoms with Crippen molar-refractivity contribution in [2.75, 3.05) is 32.5 Å². The zero-order valence-electron chi connectivity index (χ0n) is 11.5. The van der Waals surface area contributed by atoms with Crippen LogP contribution >= 0.6 is 27.3 Å². The number of hydrogen-bond acceptors (Lipinski definition) is 4. The van der Waals surface area contributed by atoms with Crippen LogP contribution in [0.4, 0.5) is 5.69 Å². The molecule has 0 radical (unpaired) electrons. The number of thiophene rings is 1. The molecule has 2 N–H and O–H groups in total. The minimum absolute atomic E-state index is 0.0599. The fourth-order valence-corrected chi connectivity index (χ4v) is 3.76. The first kappa shape index (κ1) is 15.3. The highest BCUT2D eigenvalue weighted by Crippen LogP contribution is 2.38. The molecule has 1 amide bonds. The van der Waals surface area contributed by atoms with Crippen LogP contribution in [-0.2, 0) is 4.74 Å². The number of nitrogens with two attached hydrogens (primary N) is 1. The zero-order valence-corrected chi connectivity index (χ0v) is 13.9. The van der Waals surface area contributed by atoms with Gasteiger partial charge in [-0.3, -0.25) is 4.79 Å². The highest BCUT2D eigenvalue weighted by atomic mass is 79.9. The van der Waals surface area contributed by atoms with Gasteiger partial charge in [0.1, 0.15) is 4.88 Å². The smallest absolute Gasteiger partial charge is 0.265 e. The SMILES string of the molecule is CCOCCN(C)C(=O)c1sc2cccc(Br)c2c1N. The molecule has 0 aliphatic heterocycles. The molecule has 0 unspecified atom stereocenters. The molecule has 0 atom stereocenters. The monoisotopic (exact) mass is 356 g/mol. The second-order valence-corrected chi connectivity index (χ2v) is 6.29. The Kier molecular flexibility index (Phi) is 5.01. The van der Waals surface area contributed by atoms with Gasteiger partial charge in [-0.1, -0.05) is 22.0 Å². The standard InChI is InChI=1S/C14H17BrN2O2S/c1-3-19-8-7-17(2)14(18)13-12(16)11-9(15)5-4-6-10(11)20-13/h4-6H,3,7-8,16H2,1-2H3. The Morgan fingerprint density at radius 2 is 2.25 bits per heavy atom. The fraction of sp³-hybridized carbons (Fsp3) is 0.357. The van der Waals surface area contributed by atoms with Gasteiger partial charge in [0, 0.05) is 34.8 Å². The molecule has 6 heteroatoms. The van der Waals surface area contributed by atoms with Crippen LogP contribution in [0, 0.1) is 0 Å². The van der Waals surface area contributed by atoms with E-state index in [1.807, 2.05) is 25.1 Å². The Labute approximate surface area is 130 Å². The Morgan fingerprint density at radius 1 is 1.50 bits per heavy atom. The van der Waals surface area contributed by atoms with Gasteiger partial charge in [-0.15, -0.1) is 11.3 Å². The summed E-state index contributed by atoms with van der Waals surface area (Å²) in [5.41, 5.74) is 6.68. The molecule has 0 aliphatic rings. The van der Waals surface area contributed by atoms with Crippen LogP contribution in [0.2, 0.25) is 0 Å². The van der Waals surface area contributed by atoms with E-state index < -0.39 is 0 Å². The van der Waals surface area contributed by atoms with Crippen LogP contribution in [0.5, 0.6) is 0 Å². The molecule has 0 fully saturated rings. The van der Waals surface area contributed by atoms with Crippen LogP contribution in [0.15, 0.2) is 22.7 Å². The van der Waals surface area contributed by atoms with Crippen LogP contribution in [0.25, 0.3) is 10.1 Å². The van der Waals surface area contributed by atoms with Gasteiger partial charge < -0.3 is 15.4 Å². The van der Waals surface area contributed by atoms with E-state index in [0.717, 1.165) is 14.6 Å². The lowest BCUT2D eigenvalue weighted by Crippen LogP contribution is -2.30. The molecule has 1 heterocycles. The normalized spacial score (nSPS) is 10.9. The third-order valence-electron chi connectivity index (χ3n) is 3.02. The quantitative estimate of drug-likeness (QED) is 0.835. The van der Waals surface area contributed by atoms with Gasteiger partial charge >= 0.3 is 0 Å². The summed E-state index contributed by atoms with van der Waals surface area (Å²) in [7, 11) is 1.76. The summed E-state index contributed by atoms with van der Waals surface area (Å²) in [6.07, 6.45) is 0. The van der Waals surface area contributed by atoms with Crippen molar-refractivity contribution < 1.29 is 9.53 Å². The molecule has 4 nitrogen and oxygen atoms in total. The van der Waals surface area contributed by atoms with E-state index >= 15 is 0 Å². The summed E-state index contributed by atoms with van der Waals surface area (Å²) in [5.74, 6) is -0.0599. The number of ether oxygens (including phenoxy) is 1. The molecule has 0 saturated carbocycles. The molecule has 0 saturated heterocycles. The Bertz CT molecular complexity index is 627. The molecule has 0 spiro atoms. The molecule has 2 aromatic rings. The van der Waals surface area contributed by atoms with Crippen molar-refractivity contribution in [2.24, 2.45) is 0 Å². The van der Waals surface area contributed by atoms with E-state index in [9.17, 15) is 4.79 Å². The number of likely N-dealkylation sites (N-methyl/N-ethyl adjacent to an activating group) is 1. The summed E-state index contributed by atoms with van der Waals surface area (Å²) in [4.78, 5) is 14.7. The van der Waals surface area contributed by atoms with Gasteiger partial charge in [0.2, 0.25) is 0 Å². The molecular weight excluding hydrogens is 340 g/mol. The topological polar surface area (TPSA) is 55.6 Å². The van der Waals surface area contributed by atoms with Crippen molar-refractivity contribution in [3.63, 3.8) is 0 Å². The van der Waals surface area contributed by atoms with Gasteiger partial charge in [-0.2, -0.15) is 0 Å². The molecule has 1 aromatic carbocycles. The lowest BCUT2D eigenvalue weighted by atomic mass is 10.2. The summed E-state index contributed by atoms with van der Waals surface area (Å²) >= 11 is 4.91.